The number of aryl methyl sites for hydroxylation is 3. The molecule has 0 unspecified atom stereocenters. The molecule has 0 aliphatic heterocycles. The van der Waals surface area contributed by atoms with Crippen LogP contribution in [0.15, 0.2) is 70.8 Å². The molecule has 3 aromatic heterocycles. The van der Waals surface area contributed by atoms with Crippen LogP contribution in [0.4, 0.5) is 0 Å². The minimum absolute atomic E-state index is 0. The number of benzene rings is 3. The van der Waals surface area contributed by atoms with Crippen LogP contribution in [-0.4, -0.2) is 15.9 Å². The van der Waals surface area contributed by atoms with Crippen LogP contribution in [0.3, 0.4) is 0 Å². The molecule has 57 heavy (non-hydrogen) atoms. The van der Waals surface area contributed by atoms with Gasteiger partial charge in [0.05, 0.1) is 0 Å². The summed E-state index contributed by atoms with van der Waals surface area (Å²) < 4.78 is 7.68. The number of carbonyl (C=O) groups excluding carboxylic acids is 1. The summed E-state index contributed by atoms with van der Waals surface area (Å²) in [5, 5.41) is 13.9. The molecule has 0 saturated carbocycles. The van der Waals surface area contributed by atoms with Crippen molar-refractivity contribution in [3.63, 3.8) is 0 Å². The Balaban J connectivity index is 0.000000341. The van der Waals surface area contributed by atoms with Gasteiger partial charge in [-0.15, -0.1) is 40.5 Å². The fourth-order valence-corrected chi connectivity index (χ4v) is 8.55. The van der Waals surface area contributed by atoms with Gasteiger partial charge in [-0.05, 0) is 86.8 Å². The molecule has 1 radical (unpaired) electrons. The quantitative estimate of drug-likeness (QED) is 0.0798. The number of allylic oxidation sites excluding steroid dienone is 2. The van der Waals surface area contributed by atoms with Gasteiger partial charge in [0.1, 0.15) is 17.0 Å². The zero-order valence-corrected chi connectivity index (χ0v) is 40.1. The third kappa shape index (κ3) is 9.51. The molecule has 6 rings (SSSR count). The smallest absolute Gasteiger partial charge is 0.164 e. The minimum atomic E-state index is -0.337. The Hall–Kier alpha value is -3.57. The van der Waals surface area contributed by atoms with E-state index >= 15 is 0 Å². The zero-order valence-electron chi connectivity index (χ0n) is 36.8. The number of nitrogens with zero attached hydrogens (tertiary/aromatic N) is 1. The third-order valence-electron chi connectivity index (χ3n) is 12.5. The number of aromatic nitrogens is 1. The van der Waals surface area contributed by atoms with Crippen molar-refractivity contribution in [2.75, 3.05) is 0 Å². The predicted octanol–water partition coefficient (Wildman–Crippen LogP) is 15.4. The maximum absolute atomic E-state index is 12.2. The standard InChI is InChI=1S/C36H36NOS.C15H28O2.Ir/c1-20(2)15-29-23(5)39-33-18-25(13-14-28(29)33)30-19-32(37-34-21(3)22(4)38-35(30)34)26-16-24-11-9-10-12-27(24)31(17-26)36(6,7)8;1-7-14(5,8-2)12(16)11-13(17)15(6,9-3)10-4;/h9-14,17-20H,15H2,1-8H3;11,16H,7-10H2,1-6H3;/q-1;;/b;12-11-;. The maximum atomic E-state index is 12.2. The van der Waals surface area contributed by atoms with Gasteiger partial charge in [0, 0.05) is 63.4 Å². The zero-order chi connectivity index (χ0) is 41.3. The van der Waals surface area contributed by atoms with Gasteiger partial charge in [-0.2, -0.15) is 0 Å². The van der Waals surface area contributed by atoms with Crippen LogP contribution in [0.2, 0.25) is 0 Å². The predicted molar refractivity (Wildman–Crippen MR) is 241 cm³/mol. The average Bonchev–Trinajstić information content (AvgIpc) is 3.64. The monoisotopic (exact) mass is 963 g/mol. The second-order valence-electron chi connectivity index (χ2n) is 17.8. The molecule has 307 valence electrons. The first-order valence-electron chi connectivity index (χ1n) is 20.6. The number of hydrogen-bond donors (Lipinski definition) is 1. The van der Waals surface area contributed by atoms with Gasteiger partial charge < -0.3 is 9.52 Å². The summed E-state index contributed by atoms with van der Waals surface area (Å²) in [6.07, 6.45) is 5.86. The molecule has 1 N–H and O–H groups in total. The number of ketones is 1. The summed E-state index contributed by atoms with van der Waals surface area (Å²) in [7, 11) is 0. The average molecular weight is 963 g/mol. The molecular weight excluding hydrogens is 899 g/mol. The second-order valence-corrected chi connectivity index (χ2v) is 19.0. The third-order valence-corrected chi connectivity index (χ3v) is 13.6. The number of rotatable bonds is 11. The molecular formula is C51H64IrNO3S-. The molecule has 0 atom stereocenters. The van der Waals surface area contributed by atoms with Crippen molar-refractivity contribution in [3.8, 4) is 22.4 Å². The Morgan fingerprint density at radius 2 is 1.51 bits per heavy atom. The second kappa shape index (κ2) is 18.1. The normalized spacial score (nSPS) is 12.6. The van der Waals surface area contributed by atoms with E-state index in [0.717, 1.165) is 76.7 Å². The summed E-state index contributed by atoms with van der Waals surface area (Å²) in [5.41, 5.74) is 9.28. The van der Waals surface area contributed by atoms with E-state index < -0.39 is 0 Å². The number of thiophene rings is 1. The van der Waals surface area contributed by atoms with Crippen LogP contribution in [0, 0.1) is 43.6 Å². The number of aliphatic hydroxyl groups excluding tert-OH is 1. The van der Waals surface area contributed by atoms with E-state index in [-0.39, 0.29) is 47.9 Å². The van der Waals surface area contributed by atoms with Crippen LogP contribution >= 0.6 is 11.3 Å². The van der Waals surface area contributed by atoms with Gasteiger partial charge in [0.25, 0.3) is 0 Å². The van der Waals surface area contributed by atoms with E-state index in [1.165, 1.54) is 43.1 Å². The first kappa shape index (κ1) is 46.1. The van der Waals surface area contributed by atoms with E-state index in [2.05, 4.69) is 109 Å². The summed E-state index contributed by atoms with van der Waals surface area (Å²) in [5.74, 6) is 1.84. The van der Waals surface area contributed by atoms with E-state index in [1.54, 1.807) is 0 Å². The molecule has 0 saturated heterocycles. The van der Waals surface area contributed by atoms with Gasteiger partial charge in [-0.3, -0.25) is 9.78 Å². The van der Waals surface area contributed by atoms with E-state index in [4.69, 9.17) is 9.40 Å². The van der Waals surface area contributed by atoms with Crippen molar-refractivity contribution >= 4 is 49.1 Å². The fourth-order valence-electron chi connectivity index (χ4n) is 7.41. The summed E-state index contributed by atoms with van der Waals surface area (Å²) in [4.78, 5) is 18.8. The SMILES string of the molecule is CCC(C)(CC)C(=O)/C=C(\O)C(C)(CC)CC.Cc1oc2c(-c3ccc4c(CC(C)C)c(C)sc4c3)cc(-c3[c-]c4ccccc4c(C(C)(C)C)c3)nc2c1C.[Ir]. The number of furan rings is 1. The molecule has 0 aliphatic carbocycles. The van der Waals surface area contributed by atoms with Crippen LogP contribution in [0.5, 0.6) is 0 Å². The molecule has 0 spiro atoms. The van der Waals surface area contributed by atoms with Gasteiger partial charge in [0.15, 0.2) is 11.4 Å². The number of pyridine rings is 1. The molecule has 4 nitrogen and oxygen atoms in total. The topological polar surface area (TPSA) is 63.3 Å². The van der Waals surface area contributed by atoms with E-state index in [0.29, 0.717) is 5.92 Å². The molecule has 0 amide bonds. The Morgan fingerprint density at radius 3 is 2.11 bits per heavy atom. The first-order chi connectivity index (χ1) is 26.3. The van der Waals surface area contributed by atoms with Gasteiger partial charge in [-0.1, -0.05) is 124 Å². The van der Waals surface area contributed by atoms with Crippen molar-refractivity contribution in [1.29, 1.82) is 0 Å². The summed E-state index contributed by atoms with van der Waals surface area (Å²) in [6, 6.07) is 23.6. The molecule has 0 fully saturated rings. The van der Waals surface area contributed by atoms with Crippen molar-refractivity contribution in [3.05, 3.63) is 99.8 Å². The van der Waals surface area contributed by atoms with Crippen LogP contribution in [-0.2, 0) is 36.7 Å². The molecule has 3 aromatic carbocycles. The van der Waals surface area contributed by atoms with Gasteiger partial charge in [0.2, 0.25) is 0 Å². The fraction of sp³-hybridized carbons (Fsp3) is 0.451. The van der Waals surface area contributed by atoms with Gasteiger partial charge in [-0.25, -0.2) is 0 Å². The van der Waals surface area contributed by atoms with Gasteiger partial charge >= 0.3 is 0 Å². The van der Waals surface area contributed by atoms with Crippen LogP contribution in [0.1, 0.15) is 129 Å². The molecule has 0 aliphatic rings. The molecule has 6 heteroatoms. The van der Waals surface area contributed by atoms with Crippen LogP contribution in [0.25, 0.3) is 54.3 Å². The number of fused-ring (bicyclic) bond motifs is 3. The van der Waals surface area contributed by atoms with Crippen molar-refractivity contribution in [2.45, 2.75) is 134 Å². The van der Waals surface area contributed by atoms with Crippen molar-refractivity contribution < 1.29 is 34.4 Å². The number of carbonyl (C=O) groups is 1. The van der Waals surface area contributed by atoms with Crippen LogP contribution < -0.4 is 0 Å². The van der Waals surface area contributed by atoms with E-state index in [9.17, 15) is 9.90 Å². The summed E-state index contributed by atoms with van der Waals surface area (Å²) in [6.45, 7) is 29.9. The number of hydrogen-bond acceptors (Lipinski definition) is 5. The molecule has 0 bridgehead atoms. The molecule has 6 aromatic rings. The van der Waals surface area contributed by atoms with Crippen molar-refractivity contribution in [2.24, 2.45) is 16.7 Å². The minimum Gasteiger partial charge on any atom is -0.512 e. The first-order valence-corrected chi connectivity index (χ1v) is 21.5. The molecule has 3 heterocycles. The van der Waals surface area contributed by atoms with Crippen molar-refractivity contribution in [1.82, 2.24) is 4.98 Å². The Labute approximate surface area is 359 Å². The largest absolute Gasteiger partial charge is 0.512 e. The number of aliphatic hydroxyl groups is 1. The Bertz CT molecular complexity index is 2400. The maximum Gasteiger partial charge on any atom is 0.164 e. The Kier molecular flexibility index (Phi) is 14.7. The summed E-state index contributed by atoms with van der Waals surface area (Å²) >= 11 is 1.90. The Morgan fingerprint density at radius 1 is 0.877 bits per heavy atom. The van der Waals surface area contributed by atoms with E-state index in [1.807, 2.05) is 59.8 Å².